The van der Waals surface area contributed by atoms with Crippen molar-refractivity contribution < 1.29 is 8.78 Å². The fraction of sp³-hybridized carbons (Fsp3) is 1.00. The molecule has 1 heterocycles. The number of rotatable bonds is 4. The van der Waals surface area contributed by atoms with Crippen molar-refractivity contribution in [1.29, 1.82) is 0 Å². The Morgan fingerprint density at radius 3 is 2.46 bits per heavy atom. The van der Waals surface area contributed by atoms with Crippen LogP contribution >= 0.6 is 11.8 Å². The lowest BCUT2D eigenvalue weighted by Crippen LogP contribution is -2.39. The zero-order valence-electron chi connectivity index (χ0n) is 8.06. The van der Waals surface area contributed by atoms with Crippen molar-refractivity contribution in [2.45, 2.75) is 25.2 Å². The van der Waals surface area contributed by atoms with Crippen LogP contribution in [0.1, 0.15) is 19.3 Å². The molecule has 0 saturated carbocycles. The molecule has 0 unspecified atom stereocenters. The van der Waals surface area contributed by atoms with Crippen LogP contribution in [0.4, 0.5) is 8.78 Å². The van der Waals surface area contributed by atoms with Crippen LogP contribution in [-0.2, 0) is 0 Å². The van der Waals surface area contributed by atoms with Crippen LogP contribution in [0, 0.1) is 0 Å². The summed E-state index contributed by atoms with van der Waals surface area (Å²) >= 11 is 1.82. The van der Waals surface area contributed by atoms with E-state index in [4.69, 9.17) is 0 Å². The van der Waals surface area contributed by atoms with Gasteiger partial charge in [-0.05, 0) is 25.0 Å². The molecule has 1 saturated heterocycles. The monoisotopic (exact) mass is 209 g/mol. The van der Waals surface area contributed by atoms with Crippen molar-refractivity contribution in [2.24, 2.45) is 0 Å². The average molecular weight is 209 g/mol. The van der Waals surface area contributed by atoms with E-state index in [0.29, 0.717) is 13.1 Å². The lowest BCUT2D eigenvalue weighted by Gasteiger charge is -2.31. The molecule has 78 valence electrons. The van der Waals surface area contributed by atoms with Crippen LogP contribution in [0.2, 0.25) is 0 Å². The van der Waals surface area contributed by atoms with E-state index in [1.165, 1.54) is 0 Å². The third-order valence-electron chi connectivity index (χ3n) is 2.41. The topological polar surface area (TPSA) is 3.24 Å². The highest BCUT2D eigenvalue weighted by molar-refractivity contribution is 7.98. The Morgan fingerprint density at radius 1 is 1.31 bits per heavy atom. The molecule has 0 atom stereocenters. The maximum atomic E-state index is 12.7. The molecule has 0 bridgehead atoms. The summed E-state index contributed by atoms with van der Waals surface area (Å²) in [4.78, 5) is 2.15. The highest BCUT2D eigenvalue weighted by Crippen LogP contribution is 2.27. The van der Waals surface area contributed by atoms with Gasteiger partial charge in [-0.3, -0.25) is 0 Å². The molecular weight excluding hydrogens is 192 g/mol. The Morgan fingerprint density at radius 2 is 1.92 bits per heavy atom. The molecule has 1 rings (SSSR count). The fourth-order valence-corrected chi connectivity index (χ4v) is 1.95. The maximum absolute atomic E-state index is 12.7. The highest BCUT2D eigenvalue weighted by Gasteiger charge is 2.33. The number of likely N-dealkylation sites (tertiary alicyclic amines) is 1. The van der Waals surface area contributed by atoms with Crippen molar-refractivity contribution >= 4 is 11.8 Å². The van der Waals surface area contributed by atoms with Crippen LogP contribution in [0.25, 0.3) is 0 Å². The summed E-state index contributed by atoms with van der Waals surface area (Å²) in [6.07, 6.45) is 3.29. The molecule has 1 aliphatic heterocycles. The predicted octanol–water partition coefficient (Wildman–Crippen LogP) is 2.47. The SMILES string of the molecule is CSCCCN1CCC(F)(F)CC1. The number of hydrogen-bond acceptors (Lipinski definition) is 2. The molecule has 1 nitrogen and oxygen atoms in total. The van der Waals surface area contributed by atoms with Gasteiger partial charge >= 0.3 is 0 Å². The minimum atomic E-state index is -2.39. The molecule has 1 aliphatic rings. The Bertz CT molecular complexity index is 143. The molecule has 0 aliphatic carbocycles. The van der Waals surface area contributed by atoms with Crippen LogP contribution < -0.4 is 0 Å². The highest BCUT2D eigenvalue weighted by atomic mass is 32.2. The first-order chi connectivity index (χ1) is 6.14. The van der Waals surface area contributed by atoms with Gasteiger partial charge in [0.2, 0.25) is 0 Å². The maximum Gasteiger partial charge on any atom is 0.250 e. The van der Waals surface area contributed by atoms with Gasteiger partial charge in [0.05, 0.1) is 0 Å². The summed E-state index contributed by atoms with van der Waals surface area (Å²) < 4.78 is 25.5. The molecular formula is C9H17F2NS. The van der Waals surface area contributed by atoms with Gasteiger partial charge in [-0.25, -0.2) is 8.78 Å². The zero-order valence-corrected chi connectivity index (χ0v) is 8.88. The van der Waals surface area contributed by atoms with E-state index in [0.717, 1.165) is 18.7 Å². The third-order valence-corrected chi connectivity index (χ3v) is 3.11. The molecule has 4 heteroatoms. The first-order valence-corrected chi connectivity index (χ1v) is 6.12. The van der Waals surface area contributed by atoms with Crippen LogP contribution in [0.5, 0.6) is 0 Å². The Hall–Kier alpha value is 0.170. The molecule has 0 radical (unpaired) electrons. The van der Waals surface area contributed by atoms with Gasteiger partial charge in [0, 0.05) is 25.9 Å². The smallest absolute Gasteiger partial charge is 0.250 e. The van der Waals surface area contributed by atoms with E-state index < -0.39 is 5.92 Å². The second-order valence-corrected chi connectivity index (χ2v) is 4.53. The Kier molecular flexibility index (Phi) is 4.46. The number of thioether (sulfide) groups is 1. The summed E-state index contributed by atoms with van der Waals surface area (Å²) in [5.41, 5.74) is 0. The van der Waals surface area contributed by atoms with Crippen molar-refractivity contribution in [3.63, 3.8) is 0 Å². The fourth-order valence-electron chi connectivity index (χ4n) is 1.54. The normalized spacial score (nSPS) is 23.3. The summed E-state index contributed by atoms with van der Waals surface area (Å²) in [5.74, 6) is -1.26. The third kappa shape index (κ3) is 4.27. The van der Waals surface area contributed by atoms with Gasteiger partial charge in [-0.2, -0.15) is 11.8 Å². The zero-order chi connectivity index (χ0) is 9.73. The van der Waals surface area contributed by atoms with Gasteiger partial charge < -0.3 is 4.90 Å². The molecule has 0 N–H and O–H groups in total. The number of nitrogens with zero attached hydrogens (tertiary/aromatic N) is 1. The summed E-state index contributed by atoms with van der Waals surface area (Å²) in [5, 5.41) is 0. The van der Waals surface area contributed by atoms with Gasteiger partial charge in [0.1, 0.15) is 0 Å². The summed E-state index contributed by atoms with van der Waals surface area (Å²) in [7, 11) is 0. The van der Waals surface area contributed by atoms with Crippen molar-refractivity contribution in [3.05, 3.63) is 0 Å². The quantitative estimate of drug-likeness (QED) is 0.654. The molecule has 0 aromatic carbocycles. The van der Waals surface area contributed by atoms with Gasteiger partial charge in [-0.1, -0.05) is 0 Å². The van der Waals surface area contributed by atoms with Gasteiger partial charge in [0.15, 0.2) is 0 Å². The predicted molar refractivity (Wildman–Crippen MR) is 53.6 cm³/mol. The summed E-state index contributed by atoms with van der Waals surface area (Å²) in [6.45, 7) is 2.12. The van der Waals surface area contributed by atoms with E-state index in [-0.39, 0.29) is 12.8 Å². The molecule has 13 heavy (non-hydrogen) atoms. The Labute approximate surface area is 82.9 Å². The second kappa shape index (κ2) is 5.15. The number of piperidine rings is 1. The van der Waals surface area contributed by atoms with Crippen molar-refractivity contribution in [2.75, 3.05) is 31.6 Å². The second-order valence-electron chi connectivity index (χ2n) is 3.54. The largest absolute Gasteiger partial charge is 0.303 e. The molecule has 0 amide bonds. The van der Waals surface area contributed by atoms with E-state index >= 15 is 0 Å². The van der Waals surface area contributed by atoms with E-state index in [9.17, 15) is 8.78 Å². The minimum absolute atomic E-state index is 0.0479. The number of halogens is 2. The van der Waals surface area contributed by atoms with E-state index in [1.807, 2.05) is 11.8 Å². The number of alkyl halides is 2. The average Bonchev–Trinajstić information content (AvgIpc) is 2.08. The molecule has 0 spiro atoms. The Balaban J connectivity index is 2.11. The molecule has 0 aromatic rings. The van der Waals surface area contributed by atoms with Gasteiger partial charge in [0.25, 0.3) is 5.92 Å². The van der Waals surface area contributed by atoms with Crippen LogP contribution in [0.3, 0.4) is 0 Å². The van der Waals surface area contributed by atoms with Crippen molar-refractivity contribution in [3.8, 4) is 0 Å². The first-order valence-electron chi connectivity index (χ1n) is 4.73. The van der Waals surface area contributed by atoms with E-state index in [1.54, 1.807) is 0 Å². The lowest BCUT2D eigenvalue weighted by molar-refractivity contribution is -0.0549. The van der Waals surface area contributed by atoms with Crippen LogP contribution in [0.15, 0.2) is 0 Å². The summed E-state index contributed by atoms with van der Waals surface area (Å²) in [6, 6.07) is 0. The van der Waals surface area contributed by atoms with Crippen LogP contribution in [-0.4, -0.2) is 42.5 Å². The molecule has 0 aromatic heterocycles. The minimum Gasteiger partial charge on any atom is -0.303 e. The number of hydrogen-bond donors (Lipinski definition) is 0. The van der Waals surface area contributed by atoms with Crippen molar-refractivity contribution in [1.82, 2.24) is 4.90 Å². The first kappa shape index (κ1) is 11.2. The molecule has 1 fully saturated rings. The standard InChI is InChI=1S/C9H17F2NS/c1-13-8-2-5-12-6-3-9(10,11)4-7-12/h2-8H2,1H3. The van der Waals surface area contributed by atoms with E-state index in [2.05, 4.69) is 11.2 Å². The van der Waals surface area contributed by atoms with Gasteiger partial charge in [-0.15, -0.1) is 0 Å². The lowest BCUT2D eigenvalue weighted by atomic mass is 10.1.